The zero-order chi connectivity index (χ0) is 15.2. The van der Waals surface area contributed by atoms with Crippen molar-refractivity contribution >= 4 is 25.2 Å². The normalized spacial score (nSPS) is 9.52. The number of imidazole rings is 1. The molecule has 0 aliphatic heterocycles. The second-order valence-corrected chi connectivity index (χ2v) is 4.69. The highest BCUT2D eigenvalue weighted by atomic mass is 35.5. The van der Waals surface area contributed by atoms with E-state index >= 15 is 0 Å². The molecular weight excluding hydrogens is 401 g/mol. The third-order valence-corrected chi connectivity index (χ3v) is 2.15. The highest BCUT2D eigenvalue weighted by molar-refractivity contribution is 7.45. The quantitative estimate of drug-likeness (QED) is 0.156. The number of hydrogen-bond acceptors (Lipinski definition) is 5. The summed E-state index contributed by atoms with van der Waals surface area (Å²) < 4.78 is 10.2. The predicted molar refractivity (Wildman–Crippen MR) is 86.3 cm³/mol. The maximum absolute atomic E-state index is 10.5. The minimum Gasteiger partial charge on any atom is -0.412 e. The van der Waals surface area contributed by atoms with Crippen molar-refractivity contribution in [1.29, 1.82) is 0 Å². The number of nitrogens with zero attached hydrogens (tertiary/aromatic N) is 3. The molecule has 1 atom stereocenters. The number of aliphatic hydroxyl groups is 1. The van der Waals surface area contributed by atoms with Gasteiger partial charge < -0.3 is 62.8 Å². The number of aryl methyl sites for hydroxylation is 1. The molecule has 158 valence electrons. The summed E-state index contributed by atoms with van der Waals surface area (Å²) in [6.07, 6.45) is 0.360. The van der Waals surface area contributed by atoms with Crippen molar-refractivity contribution in [3.05, 3.63) is 22.1 Å². The number of halogens is 1. The Morgan fingerprint density at radius 3 is 1.88 bits per heavy atom. The van der Waals surface area contributed by atoms with Gasteiger partial charge in [-0.1, -0.05) is 0 Å². The summed E-state index contributed by atoms with van der Waals surface area (Å²) in [5.41, 5.74) is 0. The number of aliphatic hydroxyl groups excluding tert-OH is 1. The molecule has 0 saturated heterocycles. The molecule has 16 N–H and O–H groups in total. The fraction of sp³-hybridized carbons (Fsp3) is 0.571. The van der Waals surface area contributed by atoms with Gasteiger partial charge in [0.2, 0.25) is 0 Å². The molecule has 0 radical (unpaired) electrons. The number of phosphoric acid groups is 1. The lowest BCUT2D eigenvalue weighted by atomic mass is 10.4. The van der Waals surface area contributed by atoms with Crippen LogP contribution in [0.3, 0.4) is 0 Å². The Kier molecular flexibility index (Phi) is 33.4. The van der Waals surface area contributed by atoms with Gasteiger partial charge in [0.15, 0.2) is 5.82 Å². The first kappa shape index (κ1) is 43.8. The summed E-state index contributed by atoms with van der Waals surface area (Å²) in [5.74, 6) is 0.391. The van der Waals surface area contributed by atoms with Crippen LogP contribution in [-0.4, -0.2) is 79.1 Å². The van der Waals surface area contributed by atoms with Crippen LogP contribution in [0.2, 0.25) is 0 Å². The van der Waals surface area contributed by atoms with Gasteiger partial charge in [0.25, 0.3) is 0 Å². The second kappa shape index (κ2) is 19.1. The van der Waals surface area contributed by atoms with Gasteiger partial charge in [-0.3, -0.25) is 0 Å². The predicted octanol–water partition coefficient (Wildman–Crippen LogP) is -5.18. The molecule has 16 nitrogen and oxygen atoms in total. The minimum absolute atomic E-state index is 0. The monoisotopic (exact) mass is 425 g/mol. The molecule has 0 bridgehead atoms. The van der Waals surface area contributed by atoms with E-state index in [1.54, 1.807) is 6.92 Å². The number of rotatable bonds is 4. The van der Waals surface area contributed by atoms with Gasteiger partial charge in [0, 0.05) is 6.92 Å². The molecule has 0 aromatic carbocycles. The molecular formula is C7H25ClN3O13P. The molecule has 1 heterocycles. The summed E-state index contributed by atoms with van der Waals surface area (Å²) in [6, 6.07) is 0. The molecule has 0 saturated carbocycles. The van der Waals surface area contributed by atoms with E-state index in [-0.39, 0.29) is 51.1 Å². The van der Waals surface area contributed by atoms with Crippen molar-refractivity contribution in [2.75, 3.05) is 5.88 Å². The number of hydrogen-bond donors (Lipinski definition) is 4. The highest BCUT2D eigenvalue weighted by Gasteiger charge is 2.19. The lowest BCUT2D eigenvalue weighted by molar-refractivity contribution is -0.392. The van der Waals surface area contributed by atoms with E-state index in [9.17, 15) is 15.2 Å². The number of alkyl halides is 1. The van der Waals surface area contributed by atoms with Gasteiger partial charge >= 0.3 is 13.6 Å². The van der Waals surface area contributed by atoms with Crippen LogP contribution in [0.4, 0.5) is 5.82 Å². The molecule has 0 fully saturated rings. The topological polar surface area (TPSA) is 348 Å². The zero-order valence-electron chi connectivity index (χ0n) is 12.7. The van der Waals surface area contributed by atoms with E-state index in [4.69, 9.17) is 30.8 Å². The third kappa shape index (κ3) is 20.7. The van der Waals surface area contributed by atoms with E-state index < -0.39 is 18.8 Å². The van der Waals surface area contributed by atoms with Crippen LogP contribution < -0.4 is 0 Å². The van der Waals surface area contributed by atoms with Crippen LogP contribution in [-0.2, 0) is 11.1 Å². The van der Waals surface area contributed by atoms with Crippen molar-refractivity contribution in [3.63, 3.8) is 0 Å². The maximum Gasteiger partial charge on any atom is 0.466 e. The first-order valence-corrected chi connectivity index (χ1v) is 6.85. The third-order valence-electron chi connectivity index (χ3n) is 1.79. The summed E-state index contributed by atoms with van der Waals surface area (Å²) in [6.45, 7) is 1.72. The fourth-order valence-electron chi connectivity index (χ4n) is 1.09. The second-order valence-electron chi connectivity index (χ2n) is 3.35. The summed E-state index contributed by atoms with van der Waals surface area (Å²) in [4.78, 5) is 35.3. The Balaban J connectivity index is -0.0000000530. The molecule has 0 aliphatic carbocycles. The van der Waals surface area contributed by atoms with Crippen molar-refractivity contribution < 1.29 is 62.1 Å². The van der Waals surface area contributed by atoms with Gasteiger partial charge in [-0.2, -0.15) is 0 Å². The Morgan fingerprint density at radius 2 is 1.60 bits per heavy atom. The van der Waals surface area contributed by atoms with Gasteiger partial charge in [0.05, 0.1) is 5.88 Å². The molecule has 1 unspecified atom stereocenters. The first-order chi connectivity index (χ1) is 8.56. The van der Waals surface area contributed by atoms with E-state index in [0.29, 0.717) is 5.82 Å². The van der Waals surface area contributed by atoms with E-state index in [1.807, 2.05) is 0 Å². The van der Waals surface area contributed by atoms with Crippen LogP contribution in [0.15, 0.2) is 6.20 Å². The number of aromatic nitrogens is 2. The minimum atomic E-state index is -4.64. The van der Waals surface area contributed by atoms with Crippen molar-refractivity contribution in [2.45, 2.75) is 19.6 Å². The standard InChI is InChI=1S/C7H10ClN3O3.H3O4P.6H2O/c1-5-9-3-7(11(13)14)10(5)4-6(12)2-8;1-5(2,3)4;;;;;;/h3,6,12H,2,4H2,1H3;(H3,1,2,3,4);6*1H2. The Hall–Kier alpha value is -1.27. The molecule has 18 heteroatoms. The van der Waals surface area contributed by atoms with Gasteiger partial charge in [0.1, 0.15) is 18.8 Å². The summed E-state index contributed by atoms with van der Waals surface area (Å²) >= 11 is 5.40. The van der Waals surface area contributed by atoms with Crippen LogP contribution in [0.25, 0.3) is 0 Å². The lowest BCUT2D eigenvalue weighted by Crippen LogP contribution is -2.19. The largest absolute Gasteiger partial charge is 0.466 e. The lowest BCUT2D eigenvalue weighted by Gasteiger charge is -2.06. The zero-order valence-corrected chi connectivity index (χ0v) is 14.4. The van der Waals surface area contributed by atoms with Gasteiger partial charge in [-0.25, -0.2) is 14.1 Å². The Bertz CT molecular complexity index is 472. The first-order valence-electron chi connectivity index (χ1n) is 4.75. The van der Waals surface area contributed by atoms with E-state index in [2.05, 4.69) is 4.98 Å². The fourth-order valence-corrected chi connectivity index (χ4v) is 1.18. The van der Waals surface area contributed by atoms with Crippen molar-refractivity contribution in [1.82, 2.24) is 9.55 Å². The summed E-state index contributed by atoms with van der Waals surface area (Å²) in [5, 5.41) is 19.8. The highest BCUT2D eigenvalue weighted by Crippen LogP contribution is 2.25. The summed E-state index contributed by atoms with van der Waals surface area (Å²) in [7, 11) is -4.64. The molecule has 25 heavy (non-hydrogen) atoms. The van der Waals surface area contributed by atoms with Gasteiger partial charge in [-0.05, 0) is 4.92 Å². The molecule has 0 spiro atoms. The smallest absolute Gasteiger partial charge is 0.412 e. The average Bonchev–Trinajstić information content (AvgIpc) is 2.58. The average molecular weight is 426 g/mol. The number of nitro groups is 1. The van der Waals surface area contributed by atoms with Crippen LogP contribution in [0.1, 0.15) is 5.82 Å². The Morgan fingerprint density at radius 1 is 1.24 bits per heavy atom. The van der Waals surface area contributed by atoms with Crippen molar-refractivity contribution in [2.24, 2.45) is 0 Å². The van der Waals surface area contributed by atoms with Crippen LogP contribution in [0.5, 0.6) is 0 Å². The van der Waals surface area contributed by atoms with Gasteiger partial charge in [-0.15, -0.1) is 11.6 Å². The Labute approximate surface area is 145 Å². The van der Waals surface area contributed by atoms with E-state index in [0.717, 1.165) is 6.20 Å². The van der Waals surface area contributed by atoms with E-state index in [1.165, 1.54) is 4.57 Å². The molecule has 1 aromatic heterocycles. The molecule has 1 rings (SSSR count). The molecule has 0 aliphatic rings. The molecule has 0 amide bonds. The van der Waals surface area contributed by atoms with Crippen molar-refractivity contribution in [3.8, 4) is 0 Å². The SMILES string of the molecule is Cc1ncc([N+](=O)[O-])n1CC(O)CCl.O.O.O.O.O.O.O=P(O)(O)O. The molecule has 1 aromatic rings. The maximum atomic E-state index is 10.5. The van der Waals surface area contributed by atoms with Crippen LogP contribution >= 0.6 is 19.4 Å². The van der Waals surface area contributed by atoms with Crippen LogP contribution in [0, 0.1) is 17.0 Å².